The van der Waals surface area contributed by atoms with Crippen LogP contribution in [0.4, 0.5) is 0 Å². The highest BCUT2D eigenvalue weighted by Crippen LogP contribution is 2.49. The van der Waals surface area contributed by atoms with Gasteiger partial charge in [0.15, 0.2) is 0 Å². The number of ether oxygens (including phenoxy) is 2. The van der Waals surface area contributed by atoms with E-state index in [1.165, 1.54) is 21.7 Å². The van der Waals surface area contributed by atoms with Gasteiger partial charge in [0.2, 0.25) is 0 Å². The molecule has 0 saturated heterocycles. The maximum atomic E-state index is 5.52. The molecule has 0 saturated carbocycles. The van der Waals surface area contributed by atoms with Gasteiger partial charge in [-0.1, -0.05) is 40.8 Å². The van der Waals surface area contributed by atoms with Gasteiger partial charge in [-0.15, -0.1) is 0 Å². The molecule has 3 rings (SSSR count). The molecule has 0 amide bonds. The van der Waals surface area contributed by atoms with Crippen molar-refractivity contribution in [2.45, 2.75) is 0 Å². The van der Waals surface area contributed by atoms with Crippen molar-refractivity contribution < 1.29 is 9.47 Å². The van der Waals surface area contributed by atoms with Gasteiger partial charge in [-0.25, -0.2) is 0 Å². The first kappa shape index (κ1) is 12.0. The van der Waals surface area contributed by atoms with Crippen molar-refractivity contribution in [2.24, 2.45) is 0 Å². The Balaban J connectivity index is 2.32. The van der Waals surface area contributed by atoms with Crippen molar-refractivity contribution in [2.75, 3.05) is 14.2 Å². The normalized spacial score (nSPS) is 15.2. The van der Waals surface area contributed by atoms with Gasteiger partial charge in [-0.2, -0.15) is 0 Å². The van der Waals surface area contributed by atoms with E-state index in [1.807, 2.05) is 12.1 Å². The van der Waals surface area contributed by atoms with Gasteiger partial charge in [0.05, 0.1) is 14.2 Å². The summed E-state index contributed by atoms with van der Waals surface area (Å²) in [5, 5.41) is 2.76. The first-order valence-electron chi connectivity index (χ1n) is 5.71. The average Bonchev–Trinajstić information content (AvgIpc) is 2.45. The lowest BCUT2D eigenvalue weighted by atomic mass is 10.0. The van der Waals surface area contributed by atoms with Crippen LogP contribution >= 0.6 is 16.5 Å². The molecule has 0 radical (unpaired) electrons. The van der Waals surface area contributed by atoms with E-state index in [0.717, 1.165) is 28.0 Å². The van der Waals surface area contributed by atoms with Crippen molar-refractivity contribution in [3.63, 3.8) is 0 Å². The minimum absolute atomic E-state index is 0.829. The summed E-state index contributed by atoms with van der Waals surface area (Å²) in [6, 6.07) is 12.6. The topological polar surface area (TPSA) is 18.5 Å². The minimum atomic E-state index is 0.829. The van der Waals surface area contributed by atoms with Gasteiger partial charge in [-0.05, 0) is 22.7 Å². The zero-order valence-corrected chi connectivity index (χ0v) is 12.3. The average molecular weight is 276 g/mol. The molecule has 1 heterocycles. The molecule has 1 aliphatic rings. The fourth-order valence-electron chi connectivity index (χ4n) is 2.26. The second-order valence-electron chi connectivity index (χ2n) is 4.02. The van der Waals surface area contributed by atoms with E-state index in [-0.39, 0.29) is 0 Å². The molecular formula is C14H14O2P2. The SMILES string of the molecule is COc1cccc2c1-c1c(OC)cccc1PP2. The Morgan fingerprint density at radius 3 is 1.56 bits per heavy atom. The van der Waals surface area contributed by atoms with Gasteiger partial charge < -0.3 is 9.47 Å². The van der Waals surface area contributed by atoms with Crippen LogP contribution in [0.3, 0.4) is 0 Å². The van der Waals surface area contributed by atoms with E-state index >= 15 is 0 Å². The lowest BCUT2D eigenvalue weighted by molar-refractivity contribution is 0.411. The highest BCUT2D eigenvalue weighted by atomic mass is 32.0. The molecule has 2 aromatic rings. The number of benzene rings is 2. The predicted octanol–water partition coefficient (Wildman–Crippen LogP) is 2.91. The Morgan fingerprint density at radius 1 is 0.722 bits per heavy atom. The summed E-state index contributed by atoms with van der Waals surface area (Å²) >= 11 is 0. The lowest BCUT2D eigenvalue weighted by Crippen LogP contribution is -2.13. The highest BCUT2D eigenvalue weighted by Gasteiger charge is 2.22. The number of fused-ring (bicyclic) bond motifs is 3. The molecule has 0 N–H and O–H groups in total. The van der Waals surface area contributed by atoms with Crippen LogP contribution in [0.25, 0.3) is 11.1 Å². The molecule has 0 spiro atoms. The molecule has 2 nitrogen and oxygen atoms in total. The summed E-state index contributed by atoms with van der Waals surface area (Å²) in [7, 11) is 5.11. The summed E-state index contributed by atoms with van der Waals surface area (Å²) in [6.45, 7) is 0. The smallest absolute Gasteiger partial charge is 0.127 e. The second-order valence-corrected chi connectivity index (χ2v) is 7.09. The first-order chi connectivity index (χ1) is 8.85. The summed E-state index contributed by atoms with van der Waals surface area (Å²) in [4.78, 5) is 0. The van der Waals surface area contributed by atoms with Crippen LogP contribution in [0, 0.1) is 0 Å². The molecule has 1 aliphatic heterocycles. The van der Waals surface area contributed by atoms with E-state index < -0.39 is 0 Å². The summed E-state index contributed by atoms with van der Waals surface area (Å²) < 4.78 is 11.0. The fraction of sp³-hybridized carbons (Fsp3) is 0.143. The van der Waals surface area contributed by atoms with E-state index in [4.69, 9.17) is 9.47 Å². The van der Waals surface area contributed by atoms with Crippen LogP contribution in [0.1, 0.15) is 0 Å². The fourth-order valence-corrected chi connectivity index (χ4v) is 5.69. The van der Waals surface area contributed by atoms with E-state index in [0.29, 0.717) is 0 Å². The molecule has 0 fully saturated rings. The van der Waals surface area contributed by atoms with Crippen molar-refractivity contribution in [1.82, 2.24) is 0 Å². The van der Waals surface area contributed by atoms with Crippen LogP contribution in [-0.4, -0.2) is 14.2 Å². The zero-order valence-electron chi connectivity index (χ0n) is 10.3. The van der Waals surface area contributed by atoms with Crippen LogP contribution in [-0.2, 0) is 0 Å². The Labute approximate surface area is 110 Å². The van der Waals surface area contributed by atoms with Crippen LogP contribution in [0.15, 0.2) is 36.4 Å². The molecule has 0 aromatic heterocycles. The van der Waals surface area contributed by atoms with Crippen LogP contribution in [0.5, 0.6) is 11.5 Å². The summed E-state index contributed by atoms with van der Waals surface area (Å²) in [5.41, 5.74) is 2.43. The lowest BCUT2D eigenvalue weighted by Gasteiger charge is -2.23. The van der Waals surface area contributed by atoms with Crippen LogP contribution < -0.4 is 20.1 Å². The predicted molar refractivity (Wildman–Crippen MR) is 80.9 cm³/mol. The zero-order chi connectivity index (χ0) is 12.5. The second kappa shape index (κ2) is 4.88. The largest absolute Gasteiger partial charge is 0.496 e. The quantitative estimate of drug-likeness (QED) is 0.785. The Morgan fingerprint density at radius 2 is 1.17 bits per heavy atom. The maximum Gasteiger partial charge on any atom is 0.127 e. The third-order valence-electron chi connectivity index (χ3n) is 3.07. The van der Waals surface area contributed by atoms with Crippen molar-refractivity contribution in [1.29, 1.82) is 0 Å². The summed E-state index contributed by atoms with van der Waals surface area (Å²) in [5.74, 6) is 1.88. The molecule has 18 heavy (non-hydrogen) atoms. The Kier molecular flexibility index (Phi) is 3.24. The first-order valence-corrected chi connectivity index (χ1v) is 8.71. The van der Waals surface area contributed by atoms with Gasteiger partial charge in [0, 0.05) is 11.1 Å². The van der Waals surface area contributed by atoms with E-state index in [1.54, 1.807) is 14.2 Å². The third kappa shape index (κ3) is 1.81. The maximum absolute atomic E-state index is 5.52. The Bertz CT molecular complexity index is 514. The molecule has 0 aliphatic carbocycles. The van der Waals surface area contributed by atoms with Crippen molar-refractivity contribution in [3.05, 3.63) is 36.4 Å². The molecular weight excluding hydrogens is 262 g/mol. The number of methoxy groups -OCH3 is 2. The van der Waals surface area contributed by atoms with Gasteiger partial charge in [-0.3, -0.25) is 0 Å². The minimum Gasteiger partial charge on any atom is -0.496 e. The highest BCUT2D eigenvalue weighted by molar-refractivity contribution is 8.19. The van der Waals surface area contributed by atoms with Gasteiger partial charge in [0.1, 0.15) is 11.5 Å². The molecule has 2 atom stereocenters. The van der Waals surface area contributed by atoms with E-state index in [2.05, 4.69) is 24.3 Å². The van der Waals surface area contributed by atoms with Crippen molar-refractivity contribution in [3.8, 4) is 22.6 Å². The van der Waals surface area contributed by atoms with Gasteiger partial charge in [0.25, 0.3) is 0 Å². The van der Waals surface area contributed by atoms with Gasteiger partial charge >= 0.3 is 0 Å². The number of hydrogen-bond acceptors (Lipinski definition) is 2. The molecule has 2 unspecified atom stereocenters. The third-order valence-corrected chi connectivity index (χ3v) is 6.56. The number of hydrogen-bond donors (Lipinski definition) is 0. The monoisotopic (exact) mass is 276 g/mol. The number of rotatable bonds is 2. The molecule has 92 valence electrons. The molecule has 2 aromatic carbocycles. The Hall–Kier alpha value is -1.10. The standard InChI is InChI=1S/C14H14O2P2/c1-15-9-5-3-7-11-13(9)14-10(16-2)6-4-8-12(14)18-17-11/h3-8,17-18H,1-2H3. The molecule has 0 bridgehead atoms. The van der Waals surface area contributed by atoms with E-state index in [9.17, 15) is 0 Å². The summed E-state index contributed by atoms with van der Waals surface area (Å²) in [6.07, 6.45) is 0. The molecule has 4 heteroatoms. The van der Waals surface area contributed by atoms with Crippen molar-refractivity contribution >= 4 is 27.1 Å². The van der Waals surface area contributed by atoms with Crippen LogP contribution in [0.2, 0.25) is 0 Å².